The number of fused-ring (bicyclic) bond motifs is 1. The molecule has 152 valence electrons. The molecular weight excluding hydrogens is 360 g/mol. The van der Waals surface area contributed by atoms with Gasteiger partial charge in [-0.15, -0.1) is 0 Å². The first-order valence-corrected chi connectivity index (χ1v) is 10.7. The Bertz CT molecular complexity index is 1020. The summed E-state index contributed by atoms with van der Waals surface area (Å²) in [5.41, 5.74) is 4.33. The molecule has 0 atom stereocenters. The first-order valence-electron chi connectivity index (χ1n) is 10.7. The van der Waals surface area contributed by atoms with Crippen LogP contribution in [0.2, 0.25) is 0 Å². The lowest BCUT2D eigenvalue weighted by atomic mass is 9.93. The van der Waals surface area contributed by atoms with Gasteiger partial charge >= 0.3 is 0 Å². The van der Waals surface area contributed by atoms with Gasteiger partial charge in [-0.05, 0) is 67.7 Å². The molecule has 4 rings (SSSR count). The van der Waals surface area contributed by atoms with Crippen LogP contribution in [-0.2, 0) is 19.5 Å². The predicted molar refractivity (Wildman–Crippen MR) is 118 cm³/mol. The summed E-state index contributed by atoms with van der Waals surface area (Å²) in [6.07, 6.45) is 4.30. The van der Waals surface area contributed by atoms with Crippen molar-refractivity contribution < 1.29 is 5.11 Å². The van der Waals surface area contributed by atoms with E-state index in [1.165, 1.54) is 5.56 Å². The SMILES string of the molecule is Cc1ccc2cc(CNC3CCC(O)CC3)c(=O)n(CCc3ccccc3)c2c1. The monoisotopic (exact) mass is 390 g/mol. The summed E-state index contributed by atoms with van der Waals surface area (Å²) in [6, 6.07) is 19.1. The van der Waals surface area contributed by atoms with Crippen molar-refractivity contribution in [2.75, 3.05) is 0 Å². The Hall–Kier alpha value is -2.43. The second-order valence-electron chi connectivity index (χ2n) is 8.31. The van der Waals surface area contributed by atoms with E-state index in [0.29, 0.717) is 19.1 Å². The first-order chi connectivity index (χ1) is 14.1. The van der Waals surface area contributed by atoms with E-state index in [4.69, 9.17) is 0 Å². The molecule has 1 aliphatic rings. The number of pyridine rings is 1. The Morgan fingerprint density at radius 1 is 1.03 bits per heavy atom. The van der Waals surface area contributed by atoms with Gasteiger partial charge in [0, 0.05) is 24.7 Å². The van der Waals surface area contributed by atoms with Crippen molar-refractivity contribution >= 4 is 10.9 Å². The number of hydrogen-bond donors (Lipinski definition) is 2. The van der Waals surface area contributed by atoms with Crippen LogP contribution in [0.5, 0.6) is 0 Å². The highest BCUT2D eigenvalue weighted by atomic mass is 16.3. The van der Waals surface area contributed by atoms with Crippen LogP contribution in [0.15, 0.2) is 59.4 Å². The third kappa shape index (κ3) is 4.77. The number of nitrogens with zero attached hydrogens (tertiary/aromatic N) is 1. The van der Waals surface area contributed by atoms with E-state index in [1.54, 1.807) is 0 Å². The summed E-state index contributed by atoms with van der Waals surface area (Å²) >= 11 is 0. The molecule has 0 radical (unpaired) electrons. The molecule has 0 aliphatic heterocycles. The van der Waals surface area contributed by atoms with Crippen LogP contribution >= 0.6 is 0 Å². The topological polar surface area (TPSA) is 54.3 Å². The standard InChI is InChI=1S/C25H30N2O2/c1-18-7-8-20-16-21(17-26-22-9-11-23(28)12-10-22)25(29)27(24(20)15-18)14-13-19-5-3-2-4-6-19/h2-8,15-16,22-23,26,28H,9-14,17H2,1H3. The molecule has 4 nitrogen and oxygen atoms in total. The van der Waals surface area contributed by atoms with Crippen molar-refractivity contribution in [1.82, 2.24) is 9.88 Å². The summed E-state index contributed by atoms with van der Waals surface area (Å²) in [6.45, 7) is 3.32. The molecule has 1 aliphatic carbocycles. The summed E-state index contributed by atoms with van der Waals surface area (Å²) in [5, 5.41) is 14.4. The summed E-state index contributed by atoms with van der Waals surface area (Å²) in [5.74, 6) is 0. The third-order valence-electron chi connectivity index (χ3n) is 6.07. The van der Waals surface area contributed by atoms with E-state index in [2.05, 4.69) is 42.6 Å². The molecule has 4 heteroatoms. The predicted octanol–water partition coefficient (Wildman–Crippen LogP) is 3.95. The van der Waals surface area contributed by atoms with E-state index in [1.807, 2.05) is 28.8 Å². The number of aryl methyl sites for hydroxylation is 3. The Balaban J connectivity index is 1.60. The van der Waals surface area contributed by atoms with Crippen LogP contribution in [0.4, 0.5) is 0 Å². The van der Waals surface area contributed by atoms with Gasteiger partial charge in [0.05, 0.1) is 11.6 Å². The van der Waals surface area contributed by atoms with Gasteiger partial charge in [-0.2, -0.15) is 0 Å². The van der Waals surface area contributed by atoms with Crippen LogP contribution < -0.4 is 10.9 Å². The second-order valence-corrected chi connectivity index (χ2v) is 8.31. The molecule has 0 amide bonds. The molecule has 0 unspecified atom stereocenters. The number of aliphatic hydroxyl groups is 1. The number of aromatic nitrogens is 1. The molecule has 2 N–H and O–H groups in total. The van der Waals surface area contributed by atoms with E-state index in [9.17, 15) is 9.90 Å². The third-order valence-corrected chi connectivity index (χ3v) is 6.07. The number of benzene rings is 2. The zero-order chi connectivity index (χ0) is 20.2. The van der Waals surface area contributed by atoms with E-state index < -0.39 is 0 Å². The lowest BCUT2D eigenvalue weighted by molar-refractivity contribution is 0.116. The molecule has 1 fully saturated rings. The normalized spacial score (nSPS) is 19.5. The average Bonchev–Trinajstić information content (AvgIpc) is 2.74. The smallest absolute Gasteiger partial charge is 0.255 e. The van der Waals surface area contributed by atoms with Crippen molar-refractivity contribution in [3.05, 3.63) is 81.6 Å². The Labute approximate surface area is 172 Å². The lowest BCUT2D eigenvalue weighted by Gasteiger charge is -2.26. The van der Waals surface area contributed by atoms with E-state index >= 15 is 0 Å². The van der Waals surface area contributed by atoms with Gasteiger partial charge < -0.3 is 15.0 Å². The van der Waals surface area contributed by atoms with Gasteiger partial charge in [0.25, 0.3) is 5.56 Å². The van der Waals surface area contributed by atoms with Crippen LogP contribution in [0.1, 0.15) is 42.4 Å². The highest BCUT2D eigenvalue weighted by molar-refractivity contribution is 5.80. The summed E-state index contributed by atoms with van der Waals surface area (Å²) in [7, 11) is 0. The zero-order valence-corrected chi connectivity index (χ0v) is 17.1. The molecule has 0 saturated heterocycles. The van der Waals surface area contributed by atoms with Gasteiger partial charge in [0.1, 0.15) is 0 Å². The molecule has 3 aromatic rings. The minimum atomic E-state index is -0.160. The van der Waals surface area contributed by atoms with Crippen molar-refractivity contribution in [3.8, 4) is 0 Å². The number of aliphatic hydroxyl groups excluding tert-OH is 1. The van der Waals surface area contributed by atoms with E-state index in [0.717, 1.165) is 54.1 Å². The number of hydrogen-bond acceptors (Lipinski definition) is 3. The minimum Gasteiger partial charge on any atom is -0.393 e. The van der Waals surface area contributed by atoms with Crippen molar-refractivity contribution in [3.63, 3.8) is 0 Å². The maximum absolute atomic E-state index is 13.3. The van der Waals surface area contributed by atoms with Crippen LogP contribution in [0.3, 0.4) is 0 Å². The van der Waals surface area contributed by atoms with Crippen LogP contribution in [0.25, 0.3) is 10.9 Å². The Kier molecular flexibility index (Phi) is 6.12. The van der Waals surface area contributed by atoms with E-state index in [-0.39, 0.29) is 11.7 Å². The van der Waals surface area contributed by atoms with Gasteiger partial charge in [0.2, 0.25) is 0 Å². The summed E-state index contributed by atoms with van der Waals surface area (Å²) < 4.78 is 1.94. The van der Waals surface area contributed by atoms with Gasteiger partial charge in [0.15, 0.2) is 0 Å². The average molecular weight is 391 g/mol. The number of rotatable bonds is 6. The molecular formula is C25H30N2O2. The highest BCUT2D eigenvalue weighted by Crippen LogP contribution is 2.20. The van der Waals surface area contributed by atoms with Crippen LogP contribution in [-0.4, -0.2) is 21.8 Å². The van der Waals surface area contributed by atoms with Crippen molar-refractivity contribution in [2.45, 2.75) is 64.3 Å². The Morgan fingerprint density at radius 3 is 2.55 bits per heavy atom. The summed E-state index contributed by atoms with van der Waals surface area (Å²) in [4.78, 5) is 13.3. The van der Waals surface area contributed by atoms with Crippen LogP contribution in [0, 0.1) is 6.92 Å². The molecule has 1 saturated carbocycles. The molecule has 29 heavy (non-hydrogen) atoms. The number of nitrogens with one attached hydrogen (secondary N) is 1. The quantitative estimate of drug-likeness (QED) is 0.670. The fourth-order valence-electron chi connectivity index (χ4n) is 4.31. The first kappa shape index (κ1) is 19.9. The molecule has 1 heterocycles. The zero-order valence-electron chi connectivity index (χ0n) is 17.1. The largest absolute Gasteiger partial charge is 0.393 e. The lowest BCUT2D eigenvalue weighted by Crippen LogP contribution is -2.36. The molecule has 0 spiro atoms. The Morgan fingerprint density at radius 2 is 1.79 bits per heavy atom. The van der Waals surface area contributed by atoms with Crippen molar-refractivity contribution in [2.24, 2.45) is 0 Å². The fourth-order valence-corrected chi connectivity index (χ4v) is 4.31. The van der Waals surface area contributed by atoms with Crippen molar-refractivity contribution in [1.29, 1.82) is 0 Å². The maximum Gasteiger partial charge on any atom is 0.255 e. The second kappa shape index (κ2) is 8.93. The molecule has 1 aromatic heterocycles. The molecule has 2 aromatic carbocycles. The minimum absolute atomic E-state index is 0.0994. The van der Waals surface area contributed by atoms with Gasteiger partial charge in [-0.1, -0.05) is 42.5 Å². The van der Waals surface area contributed by atoms with Gasteiger partial charge in [-0.3, -0.25) is 4.79 Å². The highest BCUT2D eigenvalue weighted by Gasteiger charge is 2.19. The maximum atomic E-state index is 13.3. The molecule has 0 bridgehead atoms. The fraction of sp³-hybridized carbons (Fsp3) is 0.400. The van der Waals surface area contributed by atoms with Gasteiger partial charge in [-0.25, -0.2) is 0 Å².